The van der Waals surface area contributed by atoms with Crippen molar-refractivity contribution in [3.63, 3.8) is 0 Å². The van der Waals surface area contributed by atoms with Gasteiger partial charge >= 0.3 is 5.97 Å². The Morgan fingerprint density at radius 1 is 1.40 bits per heavy atom. The van der Waals surface area contributed by atoms with Gasteiger partial charge in [-0.05, 0) is 45.2 Å². The minimum atomic E-state index is -0.332. The van der Waals surface area contributed by atoms with E-state index in [4.69, 9.17) is 9.47 Å². The molecule has 2 rings (SSSR count). The van der Waals surface area contributed by atoms with Gasteiger partial charge in [0.05, 0.1) is 12.7 Å². The Hall–Kier alpha value is -0.610. The first-order chi connectivity index (χ1) is 7.26. The summed E-state index contributed by atoms with van der Waals surface area (Å²) in [4.78, 5) is 11.4. The monoisotopic (exact) mass is 213 g/mol. The minimum absolute atomic E-state index is 0.0532. The normalized spacial score (nSPS) is 30.1. The first-order valence-corrected chi connectivity index (χ1v) is 5.72. The molecule has 86 valence electrons. The van der Waals surface area contributed by atoms with Crippen molar-refractivity contribution in [2.24, 2.45) is 0 Å². The molecular formula is C11H19NO3. The molecule has 2 aliphatic heterocycles. The number of carbonyl (C=O) groups excluding carboxylic acids is 1. The standard InChI is InChI=1S/C11H19NO3/c1-14-10(13)9-3-2-4-11(15-9)5-7-12-8-6-11/h9,12H,2-8H2,1H3. The average Bonchev–Trinajstić information content (AvgIpc) is 2.29. The highest BCUT2D eigenvalue weighted by molar-refractivity contribution is 5.74. The second-order valence-corrected chi connectivity index (χ2v) is 4.45. The van der Waals surface area contributed by atoms with E-state index in [0.717, 1.165) is 45.2 Å². The maximum atomic E-state index is 11.4. The van der Waals surface area contributed by atoms with Crippen LogP contribution >= 0.6 is 0 Å². The Balaban J connectivity index is 1.99. The summed E-state index contributed by atoms with van der Waals surface area (Å²) in [5.74, 6) is -0.215. The van der Waals surface area contributed by atoms with Crippen molar-refractivity contribution < 1.29 is 14.3 Å². The number of piperidine rings is 1. The highest BCUT2D eigenvalue weighted by Gasteiger charge is 2.40. The lowest BCUT2D eigenvalue weighted by atomic mass is 9.84. The topological polar surface area (TPSA) is 47.6 Å². The number of esters is 1. The van der Waals surface area contributed by atoms with Gasteiger partial charge in [-0.3, -0.25) is 0 Å². The van der Waals surface area contributed by atoms with Crippen molar-refractivity contribution in [2.45, 2.75) is 43.8 Å². The van der Waals surface area contributed by atoms with Crippen molar-refractivity contribution in [3.8, 4) is 0 Å². The largest absolute Gasteiger partial charge is 0.467 e. The Kier molecular flexibility index (Phi) is 3.26. The Morgan fingerprint density at radius 2 is 2.13 bits per heavy atom. The summed E-state index contributed by atoms with van der Waals surface area (Å²) in [6, 6.07) is 0. The Labute approximate surface area is 90.3 Å². The summed E-state index contributed by atoms with van der Waals surface area (Å²) in [7, 11) is 1.43. The van der Waals surface area contributed by atoms with Crippen LogP contribution in [0.5, 0.6) is 0 Å². The molecule has 0 aromatic rings. The van der Waals surface area contributed by atoms with Crippen LogP contribution in [0.2, 0.25) is 0 Å². The van der Waals surface area contributed by atoms with Crippen molar-refractivity contribution >= 4 is 5.97 Å². The third-order valence-corrected chi connectivity index (χ3v) is 3.47. The molecule has 4 heteroatoms. The van der Waals surface area contributed by atoms with E-state index in [1.165, 1.54) is 7.11 Å². The van der Waals surface area contributed by atoms with E-state index in [0.29, 0.717) is 0 Å². The van der Waals surface area contributed by atoms with Gasteiger partial charge in [0.15, 0.2) is 6.10 Å². The molecule has 0 aromatic carbocycles. The summed E-state index contributed by atoms with van der Waals surface area (Å²) < 4.78 is 10.7. The molecule has 0 amide bonds. The highest BCUT2D eigenvalue weighted by atomic mass is 16.6. The van der Waals surface area contributed by atoms with Gasteiger partial charge in [0.25, 0.3) is 0 Å². The highest BCUT2D eigenvalue weighted by Crippen LogP contribution is 2.35. The number of nitrogens with one attached hydrogen (secondary N) is 1. The number of carbonyl (C=O) groups is 1. The maximum Gasteiger partial charge on any atom is 0.334 e. The molecule has 0 saturated carbocycles. The van der Waals surface area contributed by atoms with Gasteiger partial charge in [-0.2, -0.15) is 0 Å². The minimum Gasteiger partial charge on any atom is -0.467 e. The molecule has 15 heavy (non-hydrogen) atoms. The van der Waals surface area contributed by atoms with Gasteiger partial charge in [-0.25, -0.2) is 4.79 Å². The van der Waals surface area contributed by atoms with Crippen LogP contribution in [0.25, 0.3) is 0 Å². The lowest BCUT2D eigenvalue weighted by molar-refractivity contribution is -0.182. The smallest absolute Gasteiger partial charge is 0.334 e. The molecule has 2 aliphatic rings. The fourth-order valence-corrected chi connectivity index (χ4v) is 2.58. The van der Waals surface area contributed by atoms with Crippen LogP contribution in [0.1, 0.15) is 32.1 Å². The van der Waals surface area contributed by atoms with Crippen LogP contribution in [-0.2, 0) is 14.3 Å². The van der Waals surface area contributed by atoms with Gasteiger partial charge in [0.2, 0.25) is 0 Å². The molecule has 4 nitrogen and oxygen atoms in total. The quantitative estimate of drug-likeness (QED) is 0.656. The van der Waals surface area contributed by atoms with Crippen LogP contribution in [0.3, 0.4) is 0 Å². The van der Waals surface area contributed by atoms with Crippen molar-refractivity contribution in [3.05, 3.63) is 0 Å². The predicted octanol–water partition coefficient (Wildman–Crippen LogP) is 0.851. The average molecular weight is 213 g/mol. The third kappa shape index (κ3) is 2.32. The van der Waals surface area contributed by atoms with Crippen LogP contribution in [0.15, 0.2) is 0 Å². The van der Waals surface area contributed by atoms with Crippen LogP contribution in [0, 0.1) is 0 Å². The van der Waals surface area contributed by atoms with E-state index in [9.17, 15) is 4.79 Å². The van der Waals surface area contributed by atoms with E-state index in [1.807, 2.05) is 0 Å². The number of hydrogen-bond donors (Lipinski definition) is 1. The molecule has 2 saturated heterocycles. The molecule has 0 bridgehead atoms. The molecular weight excluding hydrogens is 194 g/mol. The molecule has 2 heterocycles. The summed E-state index contributed by atoms with van der Waals surface area (Å²) in [5.41, 5.74) is -0.0532. The van der Waals surface area contributed by atoms with Crippen molar-refractivity contribution in [1.29, 1.82) is 0 Å². The molecule has 2 fully saturated rings. The van der Waals surface area contributed by atoms with E-state index < -0.39 is 0 Å². The van der Waals surface area contributed by atoms with E-state index in [-0.39, 0.29) is 17.7 Å². The van der Waals surface area contributed by atoms with Gasteiger partial charge in [-0.15, -0.1) is 0 Å². The van der Waals surface area contributed by atoms with Gasteiger partial charge in [-0.1, -0.05) is 0 Å². The number of ether oxygens (including phenoxy) is 2. The second-order valence-electron chi connectivity index (χ2n) is 4.45. The second kappa shape index (κ2) is 4.49. The fourth-order valence-electron chi connectivity index (χ4n) is 2.58. The molecule has 1 N–H and O–H groups in total. The van der Waals surface area contributed by atoms with Crippen LogP contribution < -0.4 is 5.32 Å². The zero-order valence-corrected chi connectivity index (χ0v) is 9.25. The zero-order valence-electron chi connectivity index (χ0n) is 9.25. The molecule has 0 aromatic heterocycles. The molecule has 1 atom stereocenters. The van der Waals surface area contributed by atoms with Crippen molar-refractivity contribution in [2.75, 3.05) is 20.2 Å². The molecule has 0 radical (unpaired) electrons. The zero-order chi connectivity index (χ0) is 10.7. The third-order valence-electron chi connectivity index (χ3n) is 3.47. The summed E-state index contributed by atoms with van der Waals surface area (Å²) in [6.07, 6.45) is 4.66. The number of hydrogen-bond acceptors (Lipinski definition) is 4. The Bertz CT molecular complexity index is 230. The predicted molar refractivity (Wildman–Crippen MR) is 55.6 cm³/mol. The molecule has 0 aliphatic carbocycles. The van der Waals surface area contributed by atoms with Gasteiger partial charge in [0.1, 0.15) is 0 Å². The van der Waals surface area contributed by atoms with Gasteiger partial charge < -0.3 is 14.8 Å². The number of methoxy groups -OCH3 is 1. The summed E-state index contributed by atoms with van der Waals surface area (Å²) in [5, 5.41) is 3.32. The fraction of sp³-hybridized carbons (Fsp3) is 0.909. The first kappa shape index (κ1) is 10.9. The Morgan fingerprint density at radius 3 is 2.80 bits per heavy atom. The molecule has 1 spiro atoms. The van der Waals surface area contributed by atoms with E-state index in [1.54, 1.807) is 0 Å². The van der Waals surface area contributed by atoms with Gasteiger partial charge in [0, 0.05) is 0 Å². The first-order valence-electron chi connectivity index (χ1n) is 5.72. The molecule has 1 unspecified atom stereocenters. The van der Waals surface area contributed by atoms with E-state index in [2.05, 4.69) is 5.32 Å². The number of rotatable bonds is 1. The van der Waals surface area contributed by atoms with Crippen LogP contribution in [-0.4, -0.2) is 37.9 Å². The van der Waals surface area contributed by atoms with Crippen molar-refractivity contribution in [1.82, 2.24) is 5.32 Å². The van der Waals surface area contributed by atoms with Crippen LogP contribution in [0.4, 0.5) is 0 Å². The SMILES string of the molecule is COC(=O)C1CCCC2(CCNCC2)O1. The lowest BCUT2D eigenvalue weighted by Crippen LogP contribution is -2.50. The summed E-state index contributed by atoms with van der Waals surface area (Å²) >= 11 is 0. The van der Waals surface area contributed by atoms with E-state index >= 15 is 0 Å². The lowest BCUT2D eigenvalue weighted by Gasteiger charge is -2.43. The summed E-state index contributed by atoms with van der Waals surface area (Å²) in [6.45, 7) is 1.99. The maximum absolute atomic E-state index is 11.4.